The summed E-state index contributed by atoms with van der Waals surface area (Å²) in [6.45, 7) is 5.57. The summed E-state index contributed by atoms with van der Waals surface area (Å²) >= 11 is 3.33. The maximum Gasteiger partial charge on any atom is 0.421 e. The van der Waals surface area contributed by atoms with E-state index in [4.69, 9.17) is 4.74 Å². The van der Waals surface area contributed by atoms with E-state index in [1.165, 1.54) is 0 Å². The molecule has 0 saturated carbocycles. The van der Waals surface area contributed by atoms with Crippen molar-refractivity contribution in [2.45, 2.75) is 32.5 Å². The molecule has 1 aromatic heterocycles. The van der Waals surface area contributed by atoms with E-state index in [1.54, 1.807) is 48.5 Å². The van der Waals surface area contributed by atoms with E-state index < -0.39 is 17.3 Å². The van der Waals surface area contributed by atoms with E-state index >= 15 is 0 Å². The fourth-order valence-corrected chi connectivity index (χ4v) is 2.79. The summed E-state index contributed by atoms with van der Waals surface area (Å²) in [5.41, 5.74) is -0.494. The molecule has 0 aliphatic carbocycles. The topological polar surface area (TPSA) is 59.1 Å². The molecule has 0 radical (unpaired) electrons. The highest BCUT2D eigenvalue weighted by atomic mass is 79.9. The molecule has 0 aliphatic heterocycles. The van der Waals surface area contributed by atoms with Crippen LogP contribution < -0.4 is 15.4 Å². The van der Waals surface area contributed by atoms with Crippen LogP contribution in [0.4, 0.5) is 36.3 Å². The first-order chi connectivity index (χ1) is 14.0. The molecule has 5 nitrogen and oxygen atoms in total. The molecule has 0 fully saturated rings. The van der Waals surface area contributed by atoms with Gasteiger partial charge in [0.1, 0.15) is 22.7 Å². The maximum atomic E-state index is 13.5. The molecular weight excluding hydrogens is 461 g/mol. The predicted octanol–water partition coefficient (Wildman–Crippen LogP) is 6.92. The Kier molecular flexibility index (Phi) is 6.21. The third kappa shape index (κ3) is 5.85. The van der Waals surface area contributed by atoms with Crippen molar-refractivity contribution >= 4 is 39.1 Å². The molecule has 3 aromatic rings. The van der Waals surface area contributed by atoms with Crippen LogP contribution in [0.2, 0.25) is 0 Å². The molecule has 0 spiro atoms. The van der Waals surface area contributed by atoms with Gasteiger partial charge in [-0.15, -0.1) is 0 Å². The Morgan fingerprint density at radius 1 is 0.933 bits per heavy atom. The molecule has 2 aromatic carbocycles. The number of anilines is 4. The van der Waals surface area contributed by atoms with Gasteiger partial charge in [0.25, 0.3) is 0 Å². The van der Waals surface area contributed by atoms with Gasteiger partial charge >= 0.3 is 6.18 Å². The lowest BCUT2D eigenvalue weighted by molar-refractivity contribution is -0.137. The Morgan fingerprint density at radius 3 is 2.23 bits per heavy atom. The molecule has 9 heteroatoms. The fraction of sp³-hybridized carbons (Fsp3) is 0.238. The number of para-hydroxylation sites is 2. The fourth-order valence-electron chi connectivity index (χ4n) is 2.52. The third-order valence-electron chi connectivity index (χ3n) is 3.75. The number of benzene rings is 2. The number of rotatable bonds is 5. The van der Waals surface area contributed by atoms with Crippen LogP contribution in [0, 0.1) is 0 Å². The van der Waals surface area contributed by atoms with Crippen molar-refractivity contribution in [2.75, 3.05) is 10.6 Å². The molecule has 0 aliphatic rings. The van der Waals surface area contributed by atoms with Gasteiger partial charge in [-0.3, -0.25) is 0 Å². The van der Waals surface area contributed by atoms with Gasteiger partial charge < -0.3 is 15.4 Å². The second-order valence-corrected chi connectivity index (χ2v) is 8.34. The Bertz CT molecular complexity index is 1020. The van der Waals surface area contributed by atoms with Gasteiger partial charge in [-0.25, -0.2) is 4.98 Å². The summed E-state index contributed by atoms with van der Waals surface area (Å²) in [4.78, 5) is 7.89. The van der Waals surface area contributed by atoms with E-state index in [1.807, 2.05) is 20.8 Å². The predicted molar refractivity (Wildman–Crippen MR) is 115 cm³/mol. The van der Waals surface area contributed by atoms with Crippen molar-refractivity contribution in [3.05, 3.63) is 64.8 Å². The summed E-state index contributed by atoms with van der Waals surface area (Å²) < 4.78 is 47.4. The summed E-state index contributed by atoms with van der Waals surface area (Å²) in [5, 5.41) is 5.67. The Hall–Kier alpha value is -2.81. The minimum atomic E-state index is -4.63. The van der Waals surface area contributed by atoms with E-state index in [-0.39, 0.29) is 11.8 Å². The molecular formula is C21H20BrF3N4O. The summed E-state index contributed by atoms with van der Waals surface area (Å²) in [5.74, 6) is 0.0725. The molecule has 0 bridgehead atoms. The van der Waals surface area contributed by atoms with Gasteiger partial charge in [0, 0.05) is 16.4 Å². The normalized spacial score (nSPS) is 11.8. The van der Waals surface area contributed by atoms with Crippen molar-refractivity contribution in [3.63, 3.8) is 0 Å². The molecule has 1 heterocycles. The first-order valence-electron chi connectivity index (χ1n) is 9.03. The van der Waals surface area contributed by atoms with Crippen molar-refractivity contribution in [1.29, 1.82) is 0 Å². The lowest BCUT2D eigenvalue weighted by Gasteiger charge is -2.24. The van der Waals surface area contributed by atoms with Crippen molar-refractivity contribution < 1.29 is 17.9 Å². The number of halogens is 4. The average molecular weight is 481 g/mol. The molecule has 0 amide bonds. The first kappa shape index (κ1) is 21.9. The minimum absolute atomic E-state index is 0.0297. The highest BCUT2D eigenvalue weighted by Gasteiger charge is 2.35. The average Bonchev–Trinajstić information content (AvgIpc) is 2.63. The Labute approximate surface area is 180 Å². The zero-order chi connectivity index (χ0) is 21.9. The maximum absolute atomic E-state index is 13.5. The van der Waals surface area contributed by atoms with Crippen LogP contribution in [0.25, 0.3) is 0 Å². The highest BCUT2D eigenvalue weighted by Crippen LogP contribution is 2.37. The van der Waals surface area contributed by atoms with Crippen molar-refractivity contribution in [3.8, 4) is 5.75 Å². The van der Waals surface area contributed by atoms with E-state index in [2.05, 4.69) is 36.5 Å². The van der Waals surface area contributed by atoms with Gasteiger partial charge in [-0.2, -0.15) is 18.2 Å². The van der Waals surface area contributed by atoms with Crippen molar-refractivity contribution in [2.24, 2.45) is 0 Å². The zero-order valence-corrected chi connectivity index (χ0v) is 18.1. The summed E-state index contributed by atoms with van der Waals surface area (Å²) in [7, 11) is 0. The van der Waals surface area contributed by atoms with Crippen LogP contribution in [0.1, 0.15) is 26.3 Å². The summed E-state index contributed by atoms with van der Waals surface area (Å²) in [6, 6.07) is 13.9. The van der Waals surface area contributed by atoms with Gasteiger partial charge in [-0.05, 0) is 57.2 Å². The number of alkyl halides is 3. The number of nitrogens with zero attached hydrogens (tertiary/aromatic N) is 2. The molecule has 0 saturated heterocycles. The number of nitrogens with one attached hydrogen (secondary N) is 2. The Balaban J connectivity index is 1.97. The monoisotopic (exact) mass is 480 g/mol. The smallest absolute Gasteiger partial charge is 0.421 e. The van der Waals surface area contributed by atoms with Gasteiger partial charge in [0.05, 0.1) is 5.69 Å². The lowest BCUT2D eigenvalue weighted by Crippen LogP contribution is -2.23. The Morgan fingerprint density at radius 2 is 1.60 bits per heavy atom. The quantitative estimate of drug-likeness (QED) is 0.414. The largest absolute Gasteiger partial charge is 0.486 e. The molecule has 0 atom stereocenters. The van der Waals surface area contributed by atoms with Crippen LogP contribution in [-0.4, -0.2) is 15.6 Å². The summed E-state index contributed by atoms with van der Waals surface area (Å²) in [6.07, 6.45) is -3.87. The molecule has 30 heavy (non-hydrogen) atoms. The first-order valence-corrected chi connectivity index (χ1v) is 9.82. The standard InChI is InChI=1S/C21H20BrF3N4O/c1-20(2,3)30-17-7-5-4-6-16(17)28-18-15(21(23,24)25)12-26-19(29-18)27-14-10-8-13(22)9-11-14/h4-12H,1-3H3,(H2,26,27,28,29). The van der Waals surface area contributed by atoms with E-state index in [0.29, 0.717) is 17.1 Å². The third-order valence-corrected chi connectivity index (χ3v) is 4.28. The number of aromatic nitrogens is 2. The molecule has 3 rings (SSSR count). The van der Waals surface area contributed by atoms with Crippen LogP contribution >= 0.6 is 15.9 Å². The zero-order valence-electron chi connectivity index (χ0n) is 16.5. The van der Waals surface area contributed by atoms with Crippen LogP contribution in [-0.2, 0) is 6.18 Å². The van der Waals surface area contributed by atoms with Gasteiger partial charge in [-0.1, -0.05) is 28.1 Å². The number of hydrogen-bond donors (Lipinski definition) is 2. The van der Waals surface area contributed by atoms with Crippen LogP contribution in [0.5, 0.6) is 5.75 Å². The second kappa shape index (κ2) is 8.51. The van der Waals surface area contributed by atoms with Crippen LogP contribution in [0.3, 0.4) is 0 Å². The number of hydrogen-bond acceptors (Lipinski definition) is 5. The van der Waals surface area contributed by atoms with Crippen molar-refractivity contribution in [1.82, 2.24) is 9.97 Å². The molecule has 158 valence electrons. The minimum Gasteiger partial charge on any atom is -0.486 e. The van der Waals surface area contributed by atoms with E-state index in [0.717, 1.165) is 10.7 Å². The van der Waals surface area contributed by atoms with Gasteiger partial charge in [0.15, 0.2) is 0 Å². The lowest BCUT2D eigenvalue weighted by atomic mass is 10.2. The number of ether oxygens (including phenoxy) is 1. The molecule has 2 N–H and O–H groups in total. The highest BCUT2D eigenvalue weighted by molar-refractivity contribution is 9.10. The van der Waals surface area contributed by atoms with Gasteiger partial charge in [0.2, 0.25) is 5.95 Å². The van der Waals surface area contributed by atoms with Crippen LogP contribution in [0.15, 0.2) is 59.2 Å². The van der Waals surface area contributed by atoms with E-state index in [9.17, 15) is 13.2 Å². The SMILES string of the molecule is CC(C)(C)Oc1ccccc1Nc1nc(Nc2ccc(Br)cc2)ncc1C(F)(F)F. The molecule has 0 unspecified atom stereocenters. The second-order valence-electron chi connectivity index (χ2n) is 7.42.